The summed E-state index contributed by atoms with van der Waals surface area (Å²) in [5.74, 6) is 0. The first kappa shape index (κ1) is 10.9. The molecule has 15 heavy (non-hydrogen) atoms. The Morgan fingerprint density at radius 2 is 2.27 bits per heavy atom. The lowest BCUT2D eigenvalue weighted by Gasteiger charge is -2.22. The maximum absolute atomic E-state index is 8.77. The van der Waals surface area contributed by atoms with Gasteiger partial charge in [0.05, 0.1) is 12.6 Å². The van der Waals surface area contributed by atoms with Crippen LogP contribution in [-0.2, 0) is 0 Å². The van der Waals surface area contributed by atoms with E-state index in [1.54, 1.807) is 0 Å². The van der Waals surface area contributed by atoms with Gasteiger partial charge in [-0.25, -0.2) is 0 Å². The molecule has 1 atom stereocenters. The molecule has 0 spiro atoms. The van der Waals surface area contributed by atoms with E-state index in [1.165, 1.54) is 22.0 Å². The largest absolute Gasteiger partial charge is 0.283 e. The van der Waals surface area contributed by atoms with Crippen molar-refractivity contribution in [3.63, 3.8) is 0 Å². The number of likely N-dealkylation sites (tertiary alicyclic amines) is 1. The van der Waals surface area contributed by atoms with Crippen molar-refractivity contribution in [2.45, 2.75) is 18.9 Å². The van der Waals surface area contributed by atoms with Crippen molar-refractivity contribution in [1.29, 1.82) is 5.26 Å². The maximum Gasteiger partial charge on any atom is 0.0871 e. The SMILES string of the molecule is N#CCN1CCCC1c1ccccc1I. The lowest BCUT2D eigenvalue weighted by atomic mass is 10.0. The first-order chi connectivity index (χ1) is 7.33. The number of benzene rings is 1. The van der Waals surface area contributed by atoms with Crippen molar-refractivity contribution in [2.75, 3.05) is 13.1 Å². The van der Waals surface area contributed by atoms with E-state index in [1.807, 2.05) is 0 Å². The normalized spacial score (nSPS) is 21.5. The van der Waals surface area contributed by atoms with Gasteiger partial charge in [0, 0.05) is 9.61 Å². The molecule has 0 radical (unpaired) electrons. The fourth-order valence-electron chi connectivity index (χ4n) is 2.20. The lowest BCUT2D eigenvalue weighted by molar-refractivity contribution is 0.288. The second-order valence-electron chi connectivity index (χ2n) is 3.81. The van der Waals surface area contributed by atoms with Crippen LogP contribution >= 0.6 is 22.6 Å². The summed E-state index contributed by atoms with van der Waals surface area (Å²) in [5, 5.41) is 8.77. The molecule has 1 aromatic carbocycles. The topological polar surface area (TPSA) is 27.0 Å². The molecule has 0 aromatic heterocycles. The monoisotopic (exact) mass is 312 g/mol. The van der Waals surface area contributed by atoms with Gasteiger partial charge in [-0.2, -0.15) is 5.26 Å². The first-order valence-corrected chi connectivity index (χ1v) is 6.26. The van der Waals surface area contributed by atoms with Gasteiger partial charge in [-0.3, -0.25) is 4.90 Å². The predicted octanol–water partition coefficient (Wildman–Crippen LogP) is 2.95. The Balaban J connectivity index is 2.23. The van der Waals surface area contributed by atoms with Crippen molar-refractivity contribution < 1.29 is 0 Å². The van der Waals surface area contributed by atoms with Crippen LogP contribution in [0.5, 0.6) is 0 Å². The summed E-state index contributed by atoms with van der Waals surface area (Å²) < 4.78 is 1.31. The fraction of sp³-hybridized carbons (Fsp3) is 0.417. The highest BCUT2D eigenvalue weighted by Crippen LogP contribution is 2.33. The number of nitrogens with zero attached hydrogens (tertiary/aromatic N) is 2. The van der Waals surface area contributed by atoms with Crippen LogP contribution < -0.4 is 0 Å². The average Bonchev–Trinajstić information content (AvgIpc) is 2.67. The van der Waals surface area contributed by atoms with E-state index in [2.05, 4.69) is 57.8 Å². The molecule has 2 rings (SSSR count). The Kier molecular flexibility index (Phi) is 3.60. The van der Waals surface area contributed by atoms with Crippen molar-refractivity contribution in [2.24, 2.45) is 0 Å². The summed E-state index contributed by atoms with van der Waals surface area (Å²) in [6.07, 6.45) is 2.39. The van der Waals surface area contributed by atoms with Gasteiger partial charge < -0.3 is 0 Å². The molecule has 2 nitrogen and oxygen atoms in total. The molecular weight excluding hydrogens is 299 g/mol. The van der Waals surface area contributed by atoms with E-state index in [0.29, 0.717) is 12.6 Å². The molecule has 1 heterocycles. The van der Waals surface area contributed by atoms with Crippen molar-refractivity contribution >= 4 is 22.6 Å². The number of halogens is 1. The number of hydrogen-bond donors (Lipinski definition) is 0. The fourth-order valence-corrected chi connectivity index (χ4v) is 2.95. The Morgan fingerprint density at radius 1 is 1.47 bits per heavy atom. The average molecular weight is 312 g/mol. The van der Waals surface area contributed by atoms with Gasteiger partial charge in [0.1, 0.15) is 0 Å². The highest BCUT2D eigenvalue weighted by atomic mass is 127. The zero-order chi connectivity index (χ0) is 10.7. The summed E-state index contributed by atoms with van der Waals surface area (Å²) in [5.41, 5.74) is 1.38. The van der Waals surface area contributed by atoms with E-state index in [9.17, 15) is 0 Å². The Morgan fingerprint density at radius 3 is 3.00 bits per heavy atom. The molecule has 1 aromatic rings. The standard InChI is InChI=1S/C12H13IN2/c13-11-5-2-1-4-10(11)12-6-3-8-15(12)9-7-14/h1-2,4-5,12H,3,6,8-9H2. The van der Waals surface area contributed by atoms with Crippen LogP contribution in [0.15, 0.2) is 24.3 Å². The predicted molar refractivity (Wildman–Crippen MR) is 68.3 cm³/mol. The molecule has 78 valence electrons. The van der Waals surface area contributed by atoms with Gasteiger partial charge in [0.15, 0.2) is 0 Å². The summed E-state index contributed by atoms with van der Waals surface area (Å²) in [6.45, 7) is 1.61. The first-order valence-electron chi connectivity index (χ1n) is 5.18. The van der Waals surface area contributed by atoms with E-state index in [-0.39, 0.29) is 0 Å². The second-order valence-corrected chi connectivity index (χ2v) is 4.97. The highest BCUT2D eigenvalue weighted by Gasteiger charge is 2.26. The van der Waals surface area contributed by atoms with Crippen molar-refractivity contribution in [3.05, 3.63) is 33.4 Å². The van der Waals surface area contributed by atoms with Crippen LogP contribution in [0.1, 0.15) is 24.4 Å². The van der Waals surface area contributed by atoms with Crippen LogP contribution in [0.25, 0.3) is 0 Å². The van der Waals surface area contributed by atoms with Crippen LogP contribution in [-0.4, -0.2) is 18.0 Å². The molecule has 3 heteroatoms. The van der Waals surface area contributed by atoms with Gasteiger partial charge in [-0.05, 0) is 53.6 Å². The maximum atomic E-state index is 8.77. The van der Waals surface area contributed by atoms with E-state index < -0.39 is 0 Å². The van der Waals surface area contributed by atoms with E-state index >= 15 is 0 Å². The Bertz CT molecular complexity index is 383. The Labute approximate surface area is 104 Å². The summed E-state index contributed by atoms with van der Waals surface area (Å²) in [4.78, 5) is 2.28. The van der Waals surface area contributed by atoms with Crippen LogP contribution in [0.3, 0.4) is 0 Å². The minimum Gasteiger partial charge on any atom is -0.283 e. The Hall–Kier alpha value is -0.600. The molecule has 1 fully saturated rings. The smallest absolute Gasteiger partial charge is 0.0871 e. The minimum absolute atomic E-state index is 0.456. The van der Waals surface area contributed by atoms with E-state index in [4.69, 9.17) is 5.26 Å². The molecule has 1 unspecified atom stereocenters. The van der Waals surface area contributed by atoms with Crippen LogP contribution in [0.4, 0.5) is 0 Å². The van der Waals surface area contributed by atoms with Crippen LogP contribution in [0, 0.1) is 14.9 Å². The molecule has 1 aliphatic rings. The molecule has 0 saturated carbocycles. The third-order valence-electron chi connectivity index (χ3n) is 2.90. The number of rotatable bonds is 2. The van der Waals surface area contributed by atoms with Gasteiger partial charge in [-0.15, -0.1) is 0 Å². The second kappa shape index (κ2) is 4.95. The van der Waals surface area contributed by atoms with E-state index in [0.717, 1.165) is 6.54 Å². The zero-order valence-electron chi connectivity index (χ0n) is 8.49. The summed E-state index contributed by atoms with van der Waals surface area (Å²) in [6, 6.07) is 11.2. The van der Waals surface area contributed by atoms with Gasteiger partial charge in [0.25, 0.3) is 0 Å². The third kappa shape index (κ3) is 2.32. The minimum atomic E-state index is 0.456. The molecule has 1 aliphatic heterocycles. The van der Waals surface area contributed by atoms with Gasteiger partial charge in [0.2, 0.25) is 0 Å². The molecule has 0 N–H and O–H groups in total. The highest BCUT2D eigenvalue weighted by molar-refractivity contribution is 14.1. The van der Waals surface area contributed by atoms with Crippen molar-refractivity contribution in [1.82, 2.24) is 4.90 Å². The van der Waals surface area contributed by atoms with Gasteiger partial charge >= 0.3 is 0 Å². The van der Waals surface area contributed by atoms with Crippen molar-refractivity contribution in [3.8, 4) is 6.07 Å². The lowest BCUT2D eigenvalue weighted by Crippen LogP contribution is -2.24. The quantitative estimate of drug-likeness (QED) is 0.620. The molecule has 0 bridgehead atoms. The third-order valence-corrected chi connectivity index (χ3v) is 3.88. The number of nitriles is 1. The summed E-state index contributed by atoms with van der Waals surface area (Å²) in [7, 11) is 0. The number of hydrogen-bond acceptors (Lipinski definition) is 2. The molecule has 0 aliphatic carbocycles. The molecular formula is C12H13IN2. The molecule has 1 saturated heterocycles. The summed E-state index contributed by atoms with van der Waals surface area (Å²) >= 11 is 2.38. The zero-order valence-corrected chi connectivity index (χ0v) is 10.6. The van der Waals surface area contributed by atoms with Gasteiger partial charge in [-0.1, -0.05) is 18.2 Å². The molecule has 0 amide bonds. The van der Waals surface area contributed by atoms with Crippen LogP contribution in [0.2, 0.25) is 0 Å².